The van der Waals surface area contributed by atoms with Crippen LogP contribution in [0.4, 0.5) is 0 Å². The van der Waals surface area contributed by atoms with E-state index in [2.05, 4.69) is 25.4 Å². The molecule has 4 rings (SSSR count). The van der Waals surface area contributed by atoms with E-state index in [1.54, 1.807) is 0 Å². The molecule has 1 saturated heterocycles. The van der Waals surface area contributed by atoms with Crippen LogP contribution in [0.2, 0.25) is 0 Å². The molecule has 35 heavy (non-hydrogen) atoms. The maximum Gasteiger partial charge on any atom is 0.273 e. The van der Waals surface area contributed by atoms with Crippen LogP contribution in [0.15, 0.2) is 59.4 Å². The maximum atomic E-state index is 12.5. The van der Waals surface area contributed by atoms with Crippen molar-refractivity contribution in [2.75, 3.05) is 39.4 Å². The second-order valence-corrected chi connectivity index (χ2v) is 8.41. The summed E-state index contributed by atoms with van der Waals surface area (Å²) in [6.07, 6.45) is 1.32. The summed E-state index contributed by atoms with van der Waals surface area (Å²) in [5.74, 6) is 1.00. The zero-order valence-corrected chi connectivity index (χ0v) is 19.7. The zero-order chi connectivity index (χ0) is 24.3. The van der Waals surface area contributed by atoms with Gasteiger partial charge in [0.2, 0.25) is 5.91 Å². The molecule has 1 aliphatic rings. The smallest absolute Gasteiger partial charge is 0.273 e. The highest BCUT2D eigenvalue weighted by Crippen LogP contribution is 2.19. The number of H-pyrrole nitrogens is 1. The minimum absolute atomic E-state index is 0.0941. The Hall–Kier alpha value is -3.56. The summed E-state index contributed by atoms with van der Waals surface area (Å²) in [6.45, 7) is 5.46. The topological polar surface area (TPSA) is 109 Å². The zero-order valence-electron chi connectivity index (χ0n) is 19.7. The Balaban J connectivity index is 1.21. The van der Waals surface area contributed by atoms with Gasteiger partial charge in [-0.1, -0.05) is 30.3 Å². The van der Waals surface area contributed by atoms with E-state index in [4.69, 9.17) is 9.47 Å². The molecular formula is C26H31N5O4. The lowest BCUT2D eigenvalue weighted by molar-refractivity contribution is -0.121. The highest BCUT2D eigenvalue weighted by molar-refractivity contribution is 5.76. The van der Waals surface area contributed by atoms with E-state index in [-0.39, 0.29) is 30.0 Å². The van der Waals surface area contributed by atoms with Crippen LogP contribution < -0.4 is 15.6 Å². The van der Waals surface area contributed by atoms with Gasteiger partial charge in [0.1, 0.15) is 18.1 Å². The molecule has 0 saturated carbocycles. The van der Waals surface area contributed by atoms with Crippen LogP contribution in [0.3, 0.4) is 0 Å². The molecule has 0 bridgehead atoms. The summed E-state index contributed by atoms with van der Waals surface area (Å²) in [6, 6.07) is 17.2. The third-order valence-corrected chi connectivity index (χ3v) is 5.81. The van der Waals surface area contributed by atoms with E-state index in [1.807, 2.05) is 54.6 Å². The molecule has 9 nitrogen and oxygen atoms in total. The molecule has 3 aromatic rings. The van der Waals surface area contributed by atoms with Gasteiger partial charge in [-0.25, -0.2) is 0 Å². The van der Waals surface area contributed by atoms with Crippen molar-refractivity contribution in [3.8, 4) is 17.1 Å². The number of amides is 1. The predicted octanol–water partition coefficient (Wildman–Crippen LogP) is 2.18. The first-order valence-corrected chi connectivity index (χ1v) is 12.0. The number of hydrogen-bond donors (Lipinski definition) is 2. The summed E-state index contributed by atoms with van der Waals surface area (Å²) < 4.78 is 11.1. The van der Waals surface area contributed by atoms with Crippen molar-refractivity contribution < 1.29 is 14.3 Å². The average molecular weight is 478 g/mol. The van der Waals surface area contributed by atoms with Crippen LogP contribution in [-0.4, -0.2) is 65.4 Å². The molecular weight excluding hydrogens is 446 g/mol. The molecule has 1 fully saturated rings. The molecule has 0 radical (unpaired) electrons. The van der Waals surface area contributed by atoms with Gasteiger partial charge in [-0.3, -0.25) is 14.5 Å². The number of nitrogens with zero attached hydrogens (tertiary/aromatic N) is 3. The Morgan fingerprint density at radius 1 is 1.06 bits per heavy atom. The molecule has 184 valence electrons. The molecule has 9 heteroatoms. The van der Waals surface area contributed by atoms with Crippen molar-refractivity contribution in [3.05, 3.63) is 76.2 Å². The second-order valence-electron chi connectivity index (χ2n) is 8.41. The molecule has 0 spiro atoms. The van der Waals surface area contributed by atoms with Gasteiger partial charge in [0, 0.05) is 38.0 Å². The average Bonchev–Trinajstić information content (AvgIpc) is 2.91. The number of benzene rings is 2. The van der Waals surface area contributed by atoms with Gasteiger partial charge in [0.25, 0.3) is 5.56 Å². The summed E-state index contributed by atoms with van der Waals surface area (Å²) >= 11 is 0. The number of aromatic amines is 1. The van der Waals surface area contributed by atoms with Gasteiger partial charge in [-0.2, -0.15) is 0 Å². The third kappa shape index (κ3) is 7.73. The minimum atomic E-state index is -0.334. The second kappa shape index (κ2) is 12.8. The summed E-state index contributed by atoms with van der Waals surface area (Å²) in [5.41, 5.74) is 1.73. The number of rotatable bonds is 11. The number of nitrogens with one attached hydrogen (secondary N) is 2. The highest BCUT2D eigenvalue weighted by atomic mass is 16.5. The van der Waals surface area contributed by atoms with Crippen molar-refractivity contribution >= 4 is 5.91 Å². The number of hydrogen-bond acceptors (Lipinski definition) is 7. The normalized spacial score (nSPS) is 13.9. The van der Waals surface area contributed by atoms with Crippen LogP contribution in [0, 0.1) is 0 Å². The number of morpholine rings is 1. The van der Waals surface area contributed by atoms with Crippen LogP contribution in [0.1, 0.15) is 24.1 Å². The summed E-state index contributed by atoms with van der Waals surface area (Å²) in [5, 5.41) is 11.1. The number of ether oxygens (including phenoxy) is 2. The number of carbonyl (C=O) groups excluding carboxylic acids is 1. The van der Waals surface area contributed by atoms with Crippen LogP contribution >= 0.6 is 0 Å². The lowest BCUT2D eigenvalue weighted by atomic mass is 10.2. The first kappa shape index (κ1) is 24.6. The molecule has 0 aliphatic carbocycles. The van der Waals surface area contributed by atoms with Crippen LogP contribution in [0.25, 0.3) is 11.4 Å². The number of carbonyl (C=O) groups is 1. The molecule has 2 N–H and O–H groups in total. The van der Waals surface area contributed by atoms with E-state index in [0.29, 0.717) is 19.0 Å². The van der Waals surface area contributed by atoms with E-state index in [1.165, 1.54) is 0 Å². The van der Waals surface area contributed by atoms with Gasteiger partial charge < -0.3 is 19.8 Å². The van der Waals surface area contributed by atoms with Crippen molar-refractivity contribution in [3.63, 3.8) is 0 Å². The molecule has 1 aromatic heterocycles. The van der Waals surface area contributed by atoms with Gasteiger partial charge in [-0.15, -0.1) is 10.2 Å². The predicted molar refractivity (Wildman–Crippen MR) is 132 cm³/mol. The first-order chi connectivity index (χ1) is 17.2. The lowest BCUT2D eigenvalue weighted by Gasteiger charge is -2.26. The van der Waals surface area contributed by atoms with E-state index >= 15 is 0 Å². The van der Waals surface area contributed by atoms with Crippen molar-refractivity contribution in [2.45, 2.75) is 25.9 Å². The molecule has 2 heterocycles. The fourth-order valence-electron chi connectivity index (χ4n) is 3.78. The number of aromatic nitrogens is 3. The SMILES string of the molecule is O=C(CCc1nnc(-c2ccc(OCc3ccccc3)cc2)[nH]c1=O)NCCCN1CCOCC1. The summed E-state index contributed by atoms with van der Waals surface area (Å²) in [4.78, 5) is 29.7. The van der Waals surface area contributed by atoms with Gasteiger partial charge in [-0.05, 0) is 42.8 Å². The van der Waals surface area contributed by atoms with Crippen molar-refractivity contribution in [2.24, 2.45) is 0 Å². The van der Waals surface area contributed by atoms with E-state index < -0.39 is 0 Å². The largest absolute Gasteiger partial charge is 0.489 e. The first-order valence-electron chi connectivity index (χ1n) is 12.0. The van der Waals surface area contributed by atoms with Crippen LogP contribution in [0.5, 0.6) is 5.75 Å². The fourth-order valence-corrected chi connectivity index (χ4v) is 3.78. The van der Waals surface area contributed by atoms with E-state index in [9.17, 15) is 9.59 Å². The molecule has 2 aromatic carbocycles. The van der Waals surface area contributed by atoms with Gasteiger partial charge in [0.15, 0.2) is 5.82 Å². The molecule has 0 unspecified atom stereocenters. The lowest BCUT2D eigenvalue weighted by Crippen LogP contribution is -2.38. The molecule has 1 aliphatic heterocycles. The Morgan fingerprint density at radius 2 is 1.83 bits per heavy atom. The standard InChI is InChI=1S/C26H31N5O4/c32-24(27-13-4-14-31-15-17-34-18-16-31)12-11-23-26(33)28-25(30-29-23)21-7-9-22(10-8-21)35-19-20-5-2-1-3-6-20/h1-3,5-10H,4,11-19H2,(H,27,32)(H,28,30,33). The highest BCUT2D eigenvalue weighted by Gasteiger charge is 2.11. The van der Waals surface area contributed by atoms with Crippen molar-refractivity contribution in [1.82, 2.24) is 25.4 Å². The Labute approximate surface area is 204 Å². The third-order valence-electron chi connectivity index (χ3n) is 5.81. The van der Waals surface area contributed by atoms with E-state index in [0.717, 1.165) is 56.1 Å². The van der Waals surface area contributed by atoms with Gasteiger partial charge in [0.05, 0.1) is 13.2 Å². The monoisotopic (exact) mass is 477 g/mol. The number of aryl methyl sites for hydroxylation is 1. The molecule has 0 atom stereocenters. The molecule has 1 amide bonds. The van der Waals surface area contributed by atoms with Crippen LogP contribution in [-0.2, 0) is 22.6 Å². The minimum Gasteiger partial charge on any atom is -0.489 e. The Bertz CT molecular complexity index is 1130. The van der Waals surface area contributed by atoms with Crippen molar-refractivity contribution in [1.29, 1.82) is 0 Å². The maximum absolute atomic E-state index is 12.5. The Kier molecular flexibility index (Phi) is 8.97. The quantitative estimate of drug-likeness (QED) is 0.408. The Morgan fingerprint density at radius 3 is 2.57 bits per heavy atom. The summed E-state index contributed by atoms with van der Waals surface area (Å²) in [7, 11) is 0. The van der Waals surface area contributed by atoms with Gasteiger partial charge >= 0.3 is 0 Å². The fraction of sp³-hybridized carbons (Fsp3) is 0.385.